The van der Waals surface area contributed by atoms with E-state index in [0.717, 1.165) is 83.6 Å². The Kier molecular flexibility index (Phi) is 33.9. The number of unbranched alkanes of at least 4 members (excludes halogenated alkanes) is 19. The predicted molar refractivity (Wildman–Crippen MR) is 243 cm³/mol. The molecule has 0 aliphatic carbocycles. The number of aliphatic carboxylic acids is 2. The standard InChI is InChI=1S/C50H91NO10/c1-5-8-11-14-15-16-17-18-19-20-21-22-24-31-45(52)59-39-42(41-61-48(56)44-33-37-51(4)38-44)40-60-46(53)32-25-27-35-50(49(57)58,34-26-13-10-7-3)36-28-30-43(47(54)55)29-23-12-9-6-2/h42-44H,5-41H2,1-4H3,(H,54,55)(H,57,58). The Labute approximate surface area is 371 Å². The summed E-state index contributed by atoms with van der Waals surface area (Å²) in [6.07, 6.45) is 29.0. The van der Waals surface area contributed by atoms with E-state index in [1.54, 1.807) is 0 Å². The second kappa shape index (κ2) is 36.8. The second-order valence-corrected chi connectivity index (χ2v) is 18.5. The summed E-state index contributed by atoms with van der Waals surface area (Å²) in [6.45, 7) is 7.88. The summed E-state index contributed by atoms with van der Waals surface area (Å²) in [6, 6.07) is 0. The van der Waals surface area contributed by atoms with Crippen LogP contribution in [0.25, 0.3) is 0 Å². The van der Waals surface area contributed by atoms with E-state index in [1.165, 1.54) is 64.2 Å². The number of hydrogen-bond acceptors (Lipinski definition) is 9. The Morgan fingerprint density at radius 3 is 1.44 bits per heavy atom. The number of nitrogens with zero attached hydrogens (tertiary/aromatic N) is 1. The van der Waals surface area contributed by atoms with Gasteiger partial charge in [-0.15, -0.1) is 0 Å². The third-order valence-electron chi connectivity index (χ3n) is 12.8. The molecule has 1 aliphatic rings. The van der Waals surface area contributed by atoms with Gasteiger partial charge in [-0.1, -0.05) is 162 Å². The first-order valence-corrected chi connectivity index (χ1v) is 25.1. The number of likely N-dealkylation sites (tertiary alicyclic amines) is 1. The van der Waals surface area contributed by atoms with Crippen molar-refractivity contribution in [3.63, 3.8) is 0 Å². The molecule has 0 spiro atoms. The number of ether oxygens (including phenoxy) is 3. The molecule has 0 bridgehead atoms. The van der Waals surface area contributed by atoms with Gasteiger partial charge in [0.1, 0.15) is 19.8 Å². The maximum absolute atomic E-state index is 12.9. The summed E-state index contributed by atoms with van der Waals surface area (Å²) in [7, 11) is 1.97. The lowest BCUT2D eigenvalue weighted by atomic mass is 9.73. The Hall–Kier alpha value is -2.69. The molecule has 0 radical (unpaired) electrons. The fourth-order valence-electron chi connectivity index (χ4n) is 8.66. The number of carboxylic acids is 2. The van der Waals surface area contributed by atoms with Gasteiger partial charge in [0.25, 0.3) is 0 Å². The van der Waals surface area contributed by atoms with Gasteiger partial charge < -0.3 is 29.3 Å². The molecule has 2 N–H and O–H groups in total. The first-order chi connectivity index (χ1) is 29.5. The molecule has 0 amide bonds. The van der Waals surface area contributed by atoms with E-state index in [0.29, 0.717) is 64.3 Å². The van der Waals surface area contributed by atoms with Crippen LogP contribution >= 0.6 is 0 Å². The van der Waals surface area contributed by atoms with Gasteiger partial charge in [0.2, 0.25) is 0 Å². The van der Waals surface area contributed by atoms with Crippen molar-refractivity contribution in [2.24, 2.45) is 23.2 Å². The number of esters is 3. The van der Waals surface area contributed by atoms with Crippen molar-refractivity contribution in [2.75, 3.05) is 40.0 Å². The van der Waals surface area contributed by atoms with E-state index in [9.17, 15) is 34.2 Å². The molecule has 1 fully saturated rings. The molecular formula is C50H91NO10. The maximum atomic E-state index is 12.9. The summed E-state index contributed by atoms with van der Waals surface area (Å²) in [5.41, 5.74) is -0.956. The smallest absolute Gasteiger partial charge is 0.310 e. The van der Waals surface area contributed by atoms with Crippen LogP contribution in [0.15, 0.2) is 0 Å². The number of carboxylic acid groups (broad SMARTS) is 2. The third-order valence-corrected chi connectivity index (χ3v) is 12.8. The van der Waals surface area contributed by atoms with Gasteiger partial charge in [0, 0.05) is 19.4 Å². The van der Waals surface area contributed by atoms with Gasteiger partial charge in [-0.2, -0.15) is 0 Å². The highest BCUT2D eigenvalue weighted by Gasteiger charge is 2.37. The quantitative estimate of drug-likeness (QED) is 0.0342. The topological polar surface area (TPSA) is 157 Å². The molecular weight excluding hydrogens is 775 g/mol. The highest BCUT2D eigenvalue weighted by molar-refractivity contribution is 5.75. The average Bonchev–Trinajstić information content (AvgIpc) is 3.68. The van der Waals surface area contributed by atoms with Gasteiger partial charge in [-0.05, 0) is 65.0 Å². The summed E-state index contributed by atoms with van der Waals surface area (Å²) in [4.78, 5) is 65.3. The van der Waals surface area contributed by atoms with Crippen molar-refractivity contribution in [3.8, 4) is 0 Å². The van der Waals surface area contributed by atoms with Crippen LogP contribution in [-0.4, -0.2) is 84.9 Å². The lowest BCUT2D eigenvalue weighted by molar-refractivity contribution is -0.155. The highest BCUT2D eigenvalue weighted by atomic mass is 16.6. The monoisotopic (exact) mass is 866 g/mol. The first-order valence-electron chi connectivity index (χ1n) is 25.1. The van der Waals surface area contributed by atoms with Gasteiger partial charge >= 0.3 is 29.8 Å². The minimum Gasteiger partial charge on any atom is -0.481 e. The first kappa shape index (κ1) is 56.3. The van der Waals surface area contributed by atoms with Crippen molar-refractivity contribution in [2.45, 2.75) is 226 Å². The molecule has 11 nitrogen and oxygen atoms in total. The third kappa shape index (κ3) is 28.6. The van der Waals surface area contributed by atoms with E-state index in [2.05, 4.69) is 25.7 Å². The summed E-state index contributed by atoms with van der Waals surface area (Å²) in [5.74, 6) is -3.82. The Morgan fingerprint density at radius 2 is 0.967 bits per heavy atom. The lowest BCUT2D eigenvalue weighted by Crippen LogP contribution is -2.32. The molecule has 11 heteroatoms. The second-order valence-electron chi connectivity index (χ2n) is 18.5. The van der Waals surface area contributed by atoms with Crippen LogP contribution in [0, 0.1) is 23.2 Å². The van der Waals surface area contributed by atoms with Crippen molar-refractivity contribution in [1.82, 2.24) is 4.90 Å². The van der Waals surface area contributed by atoms with Crippen LogP contribution in [0.1, 0.15) is 226 Å². The molecule has 4 atom stereocenters. The van der Waals surface area contributed by atoms with Crippen LogP contribution in [0.3, 0.4) is 0 Å². The molecule has 4 unspecified atom stereocenters. The summed E-state index contributed by atoms with van der Waals surface area (Å²) < 4.78 is 16.9. The van der Waals surface area contributed by atoms with Crippen LogP contribution in [0.4, 0.5) is 0 Å². The normalized spacial score (nSPS) is 16.2. The van der Waals surface area contributed by atoms with Crippen LogP contribution in [0.5, 0.6) is 0 Å². The van der Waals surface area contributed by atoms with E-state index in [4.69, 9.17) is 14.2 Å². The summed E-state index contributed by atoms with van der Waals surface area (Å²) in [5, 5.41) is 20.4. The fourth-order valence-corrected chi connectivity index (χ4v) is 8.66. The molecule has 1 rings (SSSR count). The fraction of sp³-hybridized carbons (Fsp3) is 0.900. The van der Waals surface area contributed by atoms with Crippen LogP contribution < -0.4 is 0 Å². The number of carbonyl (C=O) groups is 5. The van der Waals surface area contributed by atoms with Gasteiger partial charge in [-0.25, -0.2) is 0 Å². The van der Waals surface area contributed by atoms with E-state index in [-0.39, 0.29) is 44.1 Å². The van der Waals surface area contributed by atoms with Gasteiger partial charge in [0.15, 0.2) is 0 Å². The van der Waals surface area contributed by atoms with Crippen LogP contribution in [-0.2, 0) is 38.2 Å². The zero-order chi connectivity index (χ0) is 45.0. The zero-order valence-electron chi connectivity index (χ0n) is 39.5. The lowest BCUT2D eigenvalue weighted by Gasteiger charge is -2.30. The maximum Gasteiger partial charge on any atom is 0.310 e. The molecule has 356 valence electrons. The Morgan fingerprint density at radius 1 is 0.557 bits per heavy atom. The minimum atomic E-state index is -0.956. The zero-order valence-corrected chi connectivity index (χ0v) is 39.5. The molecule has 1 heterocycles. The van der Waals surface area contributed by atoms with E-state index in [1.807, 2.05) is 7.05 Å². The minimum absolute atomic E-state index is 0.0109. The number of hydrogen-bond donors (Lipinski definition) is 2. The predicted octanol–water partition coefficient (Wildman–Crippen LogP) is 12.1. The molecule has 1 aliphatic heterocycles. The average molecular weight is 866 g/mol. The van der Waals surface area contributed by atoms with Crippen molar-refractivity contribution in [1.29, 1.82) is 0 Å². The Balaban J connectivity index is 2.62. The summed E-state index contributed by atoms with van der Waals surface area (Å²) >= 11 is 0. The SMILES string of the molecule is CCCCCCCCCCCCCCCC(=O)OCC(COC(=O)CCCCC(CCCCCC)(CCCC(CCCCCC)C(=O)O)C(=O)O)COC(=O)C1CCN(C)C1. The molecule has 0 saturated carbocycles. The van der Waals surface area contributed by atoms with E-state index < -0.39 is 35.2 Å². The number of rotatable bonds is 42. The largest absolute Gasteiger partial charge is 0.481 e. The Bertz CT molecular complexity index is 1160. The van der Waals surface area contributed by atoms with Gasteiger partial charge in [0.05, 0.1) is 23.2 Å². The molecule has 0 aromatic rings. The molecule has 1 saturated heterocycles. The van der Waals surface area contributed by atoms with Gasteiger partial charge in [-0.3, -0.25) is 24.0 Å². The number of carbonyl (C=O) groups excluding carboxylic acids is 3. The van der Waals surface area contributed by atoms with Crippen molar-refractivity contribution >= 4 is 29.8 Å². The van der Waals surface area contributed by atoms with E-state index >= 15 is 0 Å². The van der Waals surface area contributed by atoms with Crippen LogP contribution in [0.2, 0.25) is 0 Å². The molecule has 0 aromatic heterocycles. The van der Waals surface area contributed by atoms with Crippen molar-refractivity contribution < 1.29 is 48.4 Å². The molecule has 61 heavy (non-hydrogen) atoms. The van der Waals surface area contributed by atoms with Crippen molar-refractivity contribution in [3.05, 3.63) is 0 Å². The highest BCUT2D eigenvalue weighted by Crippen LogP contribution is 2.38. The molecule has 0 aromatic carbocycles.